The highest BCUT2D eigenvalue weighted by Crippen LogP contribution is 2.30. The fourth-order valence-corrected chi connectivity index (χ4v) is 3.10. The zero-order valence-electron chi connectivity index (χ0n) is 13.6. The molecule has 0 aromatic carbocycles. The van der Waals surface area contributed by atoms with Crippen LogP contribution in [0, 0.1) is 11.8 Å². The van der Waals surface area contributed by atoms with E-state index in [1.165, 1.54) is 19.3 Å². The van der Waals surface area contributed by atoms with Crippen LogP contribution in [0.15, 0.2) is 0 Å². The van der Waals surface area contributed by atoms with Gasteiger partial charge in [0.05, 0.1) is 0 Å². The summed E-state index contributed by atoms with van der Waals surface area (Å²) in [5.41, 5.74) is -1.18. The van der Waals surface area contributed by atoms with Gasteiger partial charge in [-0.1, -0.05) is 39.5 Å². The number of nitrogens with one attached hydrogen (secondary N) is 2. The molecule has 0 bridgehead atoms. The first kappa shape index (κ1) is 17.8. The van der Waals surface area contributed by atoms with Crippen LogP contribution in [0.4, 0.5) is 4.79 Å². The van der Waals surface area contributed by atoms with Gasteiger partial charge < -0.3 is 15.7 Å². The second kappa shape index (κ2) is 8.25. The van der Waals surface area contributed by atoms with Crippen LogP contribution >= 0.6 is 0 Å². The van der Waals surface area contributed by atoms with Crippen molar-refractivity contribution in [2.24, 2.45) is 11.8 Å². The standard InChI is InChI=1S/C16H30N2O3/c1-4-10-16(3,14(19)20)18-15(21)17-11-13-8-6-12(5-2)7-9-13/h12-13H,4-11H2,1-3H3,(H,19,20)(H2,17,18,21). The van der Waals surface area contributed by atoms with Crippen LogP contribution in [-0.2, 0) is 4.79 Å². The van der Waals surface area contributed by atoms with Gasteiger partial charge in [0.25, 0.3) is 0 Å². The number of carbonyl (C=O) groups is 2. The highest BCUT2D eigenvalue weighted by Gasteiger charge is 2.33. The third-order valence-corrected chi connectivity index (χ3v) is 4.71. The number of hydrogen-bond acceptors (Lipinski definition) is 2. The van der Waals surface area contributed by atoms with E-state index in [1.54, 1.807) is 6.92 Å². The number of rotatable bonds is 7. The predicted octanol–water partition coefficient (Wildman–Crippen LogP) is 3.15. The second-order valence-electron chi connectivity index (χ2n) is 6.52. The summed E-state index contributed by atoms with van der Waals surface area (Å²) >= 11 is 0. The van der Waals surface area contributed by atoms with E-state index in [2.05, 4.69) is 17.6 Å². The fourth-order valence-electron chi connectivity index (χ4n) is 3.10. The minimum absolute atomic E-state index is 0.369. The fraction of sp³-hybridized carbons (Fsp3) is 0.875. The van der Waals surface area contributed by atoms with Crippen molar-refractivity contribution in [3.05, 3.63) is 0 Å². The molecule has 1 aliphatic rings. The Morgan fingerprint density at radius 1 is 1.14 bits per heavy atom. The van der Waals surface area contributed by atoms with Crippen molar-refractivity contribution in [1.29, 1.82) is 0 Å². The van der Waals surface area contributed by atoms with Crippen LogP contribution in [0.25, 0.3) is 0 Å². The molecule has 3 N–H and O–H groups in total. The molecule has 1 fully saturated rings. The van der Waals surface area contributed by atoms with E-state index in [9.17, 15) is 14.7 Å². The Kier molecular flexibility index (Phi) is 6.99. The Morgan fingerprint density at radius 2 is 1.71 bits per heavy atom. The van der Waals surface area contributed by atoms with Gasteiger partial charge in [-0.3, -0.25) is 0 Å². The van der Waals surface area contributed by atoms with E-state index in [4.69, 9.17) is 0 Å². The minimum atomic E-state index is -1.18. The quantitative estimate of drug-likeness (QED) is 0.675. The summed E-state index contributed by atoms with van der Waals surface area (Å²) in [5.74, 6) is 0.388. The maximum atomic E-state index is 11.9. The van der Waals surface area contributed by atoms with Gasteiger partial charge in [0.2, 0.25) is 0 Å². The van der Waals surface area contributed by atoms with Crippen LogP contribution in [0.2, 0.25) is 0 Å². The first-order chi connectivity index (χ1) is 9.91. The predicted molar refractivity (Wildman–Crippen MR) is 83.2 cm³/mol. The summed E-state index contributed by atoms with van der Waals surface area (Å²) in [4.78, 5) is 23.2. The van der Waals surface area contributed by atoms with E-state index < -0.39 is 11.5 Å². The molecule has 2 amide bonds. The summed E-state index contributed by atoms with van der Waals surface area (Å²) in [6, 6.07) is -0.369. The Bertz CT molecular complexity index is 351. The largest absolute Gasteiger partial charge is 0.480 e. The Balaban J connectivity index is 2.35. The van der Waals surface area contributed by atoms with Crippen molar-refractivity contribution >= 4 is 12.0 Å². The number of carbonyl (C=O) groups excluding carboxylic acids is 1. The number of carboxylic acid groups (broad SMARTS) is 1. The van der Waals surface area contributed by atoms with E-state index in [-0.39, 0.29) is 6.03 Å². The van der Waals surface area contributed by atoms with E-state index >= 15 is 0 Å². The van der Waals surface area contributed by atoms with E-state index in [1.807, 2.05) is 6.92 Å². The van der Waals surface area contributed by atoms with Gasteiger partial charge in [-0.2, -0.15) is 0 Å². The summed E-state index contributed by atoms with van der Waals surface area (Å²) < 4.78 is 0. The second-order valence-corrected chi connectivity index (χ2v) is 6.52. The van der Waals surface area contributed by atoms with Crippen LogP contribution in [-0.4, -0.2) is 29.2 Å². The number of amides is 2. The van der Waals surface area contributed by atoms with Crippen LogP contribution in [0.1, 0.15) is 65.7 Å². The number of hydrogen-bond donors (Lipinski definition) is 3. The van der Waals surface area contributed by atoms with Crippen molar-refractivity contribution in [2.45, 2.75) is 71.3 Å². The van der Waals surface area contributed by atoms with Crippen molar-refractivity contribution in [3.8, 4) is 0 Å². The zero-order valence-corrected chi connectivity index (χ0v) is 13.6. The van der Waals surface area contributed by atoms with Crippen molar-refractivity contribution in [3.63, 3.8) is 0 Å². The molecule has 0 saturated heterocycles. The SMILES string of the molecule is CCCC(C)(NC(=O)NCC1CCC(CC)CC1)C(=O)O. The summed E-state index contributed by atoms with van der Waals surface area (Å²) in [6.45, 7) is 6.35. The van der Waals surface area contributed by atoms with Gasteiger partial charge in [-0.15, -0.1) is 0 Å². The van der Waals surface area contributed by atoms with Crippen molar-refractivity contribution in [2.75, 3.05) is 6.54 Å². The molecular formula is C16H30N2O3. The minimum Gasteiger partial charge on any atom is -0.480 e. The van der Waals surface area contributed by atoms with Crippen molar-refractivity contribution < 1.29 is 14.7 Å². The molecule has 1 unspecified atom stereocenters. The highest BCUT2D eigenvalue weighted by molar-refractivity contribution is 5.85. The Morgan fingerprint density at radius 3 is 2.19 bits per heavy atom. The molecule has 0 aromatic heterocycles. The first-order valence-corrected chi connectivity index (χ1v) is 8.20. The monoisotopic (exact) mass is 298 g/mol. The molecule has 5 heteroatoms. The summed E-state index contributed by atoms with van der Waals surface area (Å²) in [7, 11) is 0. The lowest BCUT2D eigenvalue weighted by atomic mass is 9.81. The van der Waals surface area contributed by atoms with Gasteiger partial charge in [0.1, 0.15) is 5.54 Å². The summed E-state index contributed by atoms with van der Waals surface area (Å²) in [6.07, 6.45) is 7.18. The van der Waals surface area contributed by atoms with E-state index in [0.717, 1.165) is 18.8 Å². The lowest BCUT2D eigenvalue weighted by Gasteiger charge is -2.29. The van der Waals surface area contributed by atoms with E-state index in [0.29, 0.717) is 25.3 Å². The normalized spacial score (nSPS) is 24.9. The van der Waals surface area contributed by atoms with Crippen LogP contribution in [0.3, 0.4) is 0 Å². The molecule has 0 aromatic rings. The average Bonchev–Trinajstić information content (AvgIpc) is 2.45. The smallest absolute Gasteiger partial charge is 0.329 e. The topological polar surface area (TPSA) is 78.4 Å². The van der Waals surface area contributed by atoms with Gasteiger partial charge in [-0.25, -0.2) is 9.59 Å². The molecule has 0 aliphatic heterocycles. The molecule has 1 aliphatic carbocycles. The molecule has 1 rings (SSSR count). The molecule has 0 radical (unpaired) electrons. The molecule has 1 saturated carbocycles. The molecule has 0 heterocycles. The maximum absolute atomic E-state index is 11.9. The molecule has 5 nitrogen and oxygen atoms in total. The molecule has 0 spiro atoms. The zero-order chi connectivity index (χ0) is 15.9. The van der Waals surface area contributed by atoms with Gasteiger partial charge in [0.15, 0.2) is 0 Å². The Hall–Kier alpha value is -1.26. The first-order valence-electron chi connectivity index (χ1n) is 8.20. The van der Waals surface area contributed by atoms with Crippen LogP contribution < -0.4 is 10.6 Å². The van der Waals surface area contributed by atoms with Gasteiger partial charge >= 0.3 is 12.0 Å². The molecule has 21 heavy (non-hydrogen) atoms. The number of carboxylic acids is 1. The average molecular weight is 298 g/mol. The third-order valence-electron chi connectivity index (χ3n) is 4.71. The Labute approximate surface area is 127 Å². The highest BCUT2D eigenvalue weighted by atomic mass is 16.4. The third kappa shape index (κ3) is 5.56. The molecular weight excluding hydrogens is 268 g/mol. The molecule has 122 valence electrons. The number of aliphatic carboxylic acids is 1. The van der Waals surface area contributed by atoms with Crippen molar-refractivity contribution in [1.82, 2.24) is 10.6 Å². The lowest BCUT2D eigenvalue weighted by Crippen LogP contribution is -2.55. The number of urea groups is 1. The van der Waals surface area contributed by atoms with Gasteiger partial charge in [0, 0.05) is 6.54 Å². The van der Waals surface area contributed by atoms with Gasteiger partial charge in [-0.05, 0) is 38.0 Å². The van der Waals surface area contributed by atoms with Crippen LogP contribution in [0.5, 0.6) is 0 Å². The maximum Gasteiger partial charge on any atom is 0.329 e. The summed E-state index contributed by atoms with van der Waals surface area (Å²) in [5, 5.41) is 14.7. The lowest BCUT2D eigenvalue weighted by molar-refractivity contribution is -0.144. The molecule has 1 atom stereocenters.